The number of ether oxygens (including phenoxy) is 2. The van der Waals surface area contributed by atoms with Gasteiger partial charge in [0, 0.05) is 103 Å². The zero-order valence-electron chi connectivity index (χ0n) is 19.9. The van der Waals surface area contributed by atoms with Crippen molar-refractivity contribution in [2.75, 3.05) is 65.6 Å². The normalized spacial score (nSPS) is 18.5. The van der Waals surface area contributed by atoms with Crippen LogP contribution in [0.15, 0.2) is 24.3 Å². The number of pyridine rings is 2. The van der Waals surface area contributed by atoms with E-state index in [0.29, 0.717) is 13.2 Å². The van der Waals surface area contributed by atoms with Crippen molar-refractivity contribution < 1.29 is 9.47 Å². The molecule has 10 heteroatoms. The SMILES string of the molecule is c1c(OCCOc2cc3nc(c2)CNCCNCCNC3)cc2nc1CNCCNCCNC2. The molecular weight excluding hydrogens is 432 g/mol. The molecule has 4 heterocycles. The summed E-state index contributed by atoms with van der Waals surface area (Å²) in [5.74, 6) is 1.66. The molecule has 4 rings (SSSR count). The minimum absolute atomic E-state index is 0.461. The molecule has 0 radical (unpaired) electrons. The van der Waals surface area contributed by atoms with Crippen molar-refractivity contribution in [3.63, 3.8) is 0 Å². The van der Waals surface area contributed by atoms with Gasteiger partial charge in [0.15, 0.2) is 0 Å². The van der Waals surface area contributed by atoms with Crippen molar-refractivity contribution >= 4 is 0 Å². The van der Waals surface area contributed by atoms with Crippen molar-refractivity contribution in [1.82, 2.24) is 41.9 Å². The Hall–Kier alpha value is -2.34. The Balaban J connectivity index is 1.31. The van der Waals surface area contributed by atoms with E-state index >= 15 is 0 Å². The molecule has 4 bridgehead atoms. The molecule has 34 heavy (non-hydrogen) atoms. The van der Waals surface area contributed by atoms with Gasteiger partial charge < -0.3 is 41.4 Å². The van der Waals surface area contributed by atoms with Crippen LogP contribution in [-0.2, 0) is 26.2 Å². The summed E-state index contributed by atoms with van der Waals surface area (Å²) in [6.45, 7) is 11.3. The van der Waals surface area contributed by atoms with E-state index in [1.165, 1.54) is 0 Å². The number of aromatic nitrogens is 2. The van der Waals surface area contributed by atoms with Crippen LogP contribution < -0.4 is 41.4 Å². The fourth-order valence-corrected chi connectivity index (χ4v) is 3.91. The van der Waals surface area contributed by atoms with Gasteiger partial charge in [0.1, 0.15) is 24.7 Å². The summed E-state index contributed by atoms with van der Waals surface area (Å²) in [5, 5.41) is 20.5. The molecule has 0 unspecified atom stereocenters. The number of hydrogen-bond acceptors (Lipinski definition) is 10. The van der Waals surface area contributed by atoms with Crippen molar-refractivity contribution in [3.05, 3.63) is 47.0 Å². The summed E-state index contributed by atoms with van der Waals surface area (Å²) in [5.41, 5.74) is 3.95. The first-order valence-corrected chi connectivity index (χ1v) is 12.3. The van der Waals surface area contributed by atoms with Gasteiger partial charge in [-0.15, -0.1) is 0 Å². The molecule has 0 amide bonds. The van der Waals surface area contributed by atoms with Crippen LogP contribution in [0.25, 0.3) is 0 Å². The largest absolute Gasteiger partial charge is 0.490 e. The second kappa shape index (κ2) is 14.1. The molecule has 0 aliphatic carbocycles. The lowest BCUT2D eigenvalue weighted by atomic mass is 10.2. The number of nitrogens with zero attached hydrogens (tertiary/aromatic N) is 2. The summed E-state index contributed by atoms with van der Waals surface area (Å²) >= 11 is 0. The monoisotopic (exact) mass is 470 g/mol. The van der Waals surface area contributed by atoms with Crippen LogP contribution >= 0.6 is 0 Å². The number of fused-ring (bicyclic) bond motifs is 4. The van der Waals surface area contributed by atoms with E-state index in [4.69, 9.17) is 19.4 Å². The highest BCUT2D eigenvalue weighted by atomic mass is 16.5. The highest BCUT2D eigenvalue weighted by Gasteiger charge is 2.08. The number of rotatable bonds is 5. The average molecular weight is 471 g/mol. The first kappa shape index (κ1) is 24.8. The molecule has 0 fully saturated rings. The summed E-state index contributed by atoms with van der Waals surface area (Å²) < 4.78 is 12.1. The molecule has 2 aromatic heterocycles. The highest BCUT2D eigenvalue weighted by molar-refractivity contribution is 5.28. The van der Waals surface area contributed by atoms with E-state index in [0.717, 1.165) is 113 Å². The highest BCUT2D eigenvalue weighted by Crippen LogP contribution is 2.17. The second-order valence-corrected chi connectivity index (χ2v) is 8.48. The van der Waals surface area contributed by atoms with Crippen molar-refractivity contribution in [3.8, 4) is 11.5 Å². The fourth-order valence-electron chi connectivity index (χ4n) is 3.91. The third-order valence-corrected chi connectivity index (χ3v) is 5.57. The van der Waals surface area contributed by atoms with Gasteiger partial charge in [-0.2, -0.15) is 0 Å². The van der Waals surface area contributed by atoms with Crippen LogP contribution in [-0.4, -0.2) is 75.5 Å². The van der Waals surface area contributed by atoms with Crippen LogP contribution in [0.5, 0.6) is 11.5 Å². The first-order chi connectivity index (χ1) is 16.8. The molecule has 0 saturated heterocycles. The molecule has 0 aromatic carbocycles. The van der Waals surface area contributed by atoms with Crippen molar-refractivity contribution in [1.29, 1.82) is 0 Å². The lowest BCUT2D eigenvalue weighted by molar-refractivity contribution is 0.216. The van der Waals surface area contributed by atoms with Gasteiger partial charge in [0.2, 0.25) is 0 Å². The predicted molar refractivity (Wildman–Crippen MR) is 132 cm³/mol. The zero-order valence-corrected chi connectivity index (χ0v) is 19.9. The Kier molecular flexibility index (Phi) is 10.3. The molecule has 2 aliphatic heterocycles. The Morgan fingerprint density at radius 2 is 0.765 bits per heavy atom. The quantitative estimate of drug-likeness (QED) is 0.320. The maximum atomic E-state index is 6.04. The van der Waals surface area contributed by atoms with Crippen molar-refractivity contribution in [2.24, 2.45) is 0 Å². The first-order valence-electron chi connectivity index (χ1n) is 12.3. The lowest BCUT2D eigenvalue weighted by Gasteiger charge is -2.15. The molecule has 6 N–H and O–H groups in total. The zero-order chi connectivity index (χ0) is 23.3. The fraction of sp³-hybridized carbons (Fsp3) is 0.583. The minimum Gasteiger partial charge on any atom is -0.490 e. The summed E-state index contributed by atoms with van der Waals surface area (Å²) in [6, 6.07) is 8.03. The molecular formula is C24H38N8O2. The Morgan fingerprint density at radius 3 is 1.09 bits per heavy atom. The number of nitrogens with one attached hydrogen (secondary N) is 6. The molecule has 0 atom stereocenters. The van der Waals surface area contributed by atoms with Crippen LogP contribution in [0.4, 0.5) is 0 Å². The average Bonchev–Trinajstić information content (AvgIpc) is 2.83. The molecule has 186 valence electrons. The Labute approximate surface area is 202 Å². The maximum Gasteiger partial charge on any atom is 0.123 e. The molecule has 0 saturated carbocycles. The van der Waals surface area contributed by atoms with Gasteiger partial charge in [-0.25, -0.2) is 0 Å². The smallest absolute Gasteiger partial charge is 0.123 e. The van der Waals surface area contributed by atoms with E-state index in [1.54, 1.807) is 0 Å². The Bertz CT molecular complexity index is 754. The maximum absolute atomic E-state index is 6.04. The molecule has 2 aliphatic rings. The summed E-state index contributed by atoms with van der Waals surface area (Å²) in [6.07, 6.45) is 0. The van der Waals surface area contributed by atoms with Gasteiger partial charge in [-0.3, -0.25) is 9.97 Å². The van der Waals surface area contributed by atoms with Crippen LogP contribution in [0.1, 0.15) is 22.8 Å². The third kappa shape index (κ3) is 8.79. The van der Waals surface area contributed by atoms with Gasteiger partial charge >= 0.3 is 0 Å². The molecule has 2 aromatic rings. The van der Waals surface area contributed by atoms with Gasteiger partial charge in [0.05, 0.1) is 22.8 Å². The van der Waals surface area contributed by atoms with E-state index < -0.39 is 0 Å². The minimum atomic E-state index is 0.461. The van der Waals surface area contributed by atoms with E-state index in [2.05, 4.69) is 31.9 Å². The topological polar surface area (TPSA) is 116 Å². The standard InChI is InChI=1S/C24H38N8O2/c1-5-27-15-19-11-23(12-20(31-19)16-28-6-2-25-1)33-9-10-34-24-13-21-17-29-7-3-26-4-8-30-18-22(14-24)32-21/h11-14,25-30H,1-10,15-18H2. The van der Waals surface area contributed by atoms with E-state index in [-0.39, 0.29) is 0 Å². The van der Waals surface area contributed by atoms with E-state index in [1.807, 2.05) is 24.3 Å². The molecule has 10 nitrogen and oxygen atoms in total. The van der Waals surface area contributed by atoms with Crippen LogP contribution in [0.3, 0.4) is 0 Å². The van der Waals surface area contributed by atoms with Crippen LogP contribution in [0, 0.1) is 0 Å². The lowest BCUT2D eigenvalue weighted by Crippen LogP contribution is -2.33. The number of hydrogen-bond donors (Lipinski definition) is 6. The summed E-state index contributed by atoms with van der Waals surface area (Å²) in [4.78, 5) is 9.48. The van der Waals surface area contributed by atoms with Gasteiger partial charge in [-0.05, 0) is 0 Å². The van der Waals surface area contributed by atoms with Crippen LogP contribution in [0.2, 0.25) is 0 Å². The van der Waals surface area contributed by atoms with E-state index in [9.17, 15) is 0 Å². The van der Waals surface area contributed by atoms with Gasteiger partial charge in [0.25, 0.3) is 0 Å². The summed E-state index contributed by atoms with van der Waals surface area (Å²) in [7, 11) is 0. The second-order valence-electron chi connectivity index (χ2n) is 8.48. The third-order valence-electron chi connectivity index (χ3n) is 5.57. The van der Waals surface area contributed by atoms with Gasteiger partial charge in [-0.1, -0.05) is 0 Å². The van der Waals surface area contributed by atoms with Crippen molar-refractivity contribution in [2.45, 2.75) is 26.2 Å². The molecule has 0 spiro atoms. The Morgan fingerprint density at radius 1 is 0.471 bits per heavy atom. The predicted octanol–water partition coefficient (Wildman–Crippen LogP) is -0.501.